The van der Waals surface area contributed by atoms with E-state index in [1.807, 2.05) is 24.3 Å². The van der Waals surface area contributed by atoms with Crippen molar-refractivity contribution >= 4 is 44.0 Å². The highest BCUT2D eigenvalue weighted by molar-refractivity contribution is 8.15. The standard InChI is InChI=1S/C19H18FN3O3S2/c20-13-3-7-14(8-4-13)21-18(24)9-12-1-5-15(6-2-12)22-19-23-16-10-28(25,26)11-17(16)27-19/h1-8,16-17H,9-11H2,(H,21,24)(H,22,23)/t16-,17-/m1/s1. The van der Waals surface area contributed by atoms with Gasteiger partial charge in [0.1, 0.15) is 5.82 Å². The molecule has 4 rings (SSSR count). The number of carbonyl (C=O) groups is 1. The Hall–Kier alpha value is -2.39. The summed E-state index contributed by atoms with van der Waals surface area (Å²) in [6.45, 7) is 0. The summed E-state index contributed by atoms with van der Waals surface area (Å²) in [5.74, 6) is -0.231. The maximum Gasteiger partial charge on any atom is 0.228 e. The van der Waals surface area contributed by atoms with Crippen LogP contribution in [0.2, 0.25) is 0 Å². The minimum Gasteiger partial charge on any atom is -0.335 e. The molecule has 2 heterocycles. The topological polar surface area (TPSA) is 87.6 Å². The van der Waals surface area contributed by atoms with Gasteiger partial charge in [0.25, 0.3) is 0 Å². The van der Waals surface area contributed by atoms with E-state index in [9.17, 15) is 17.6 Å². The SMILES string of the molecule is O=C(Cc1ccc(NC2=N[C@@H]3CS(=O)(=O)C[C@H]3S2)cc1)Nc1ccc(F)cc1. The fourth-order valence-corrected chi connectivity index (χ4v) is 6.85. The molecular weight excluding hydrogens is 401 g/mol. The summed E-state index contributed by atoms with van der Waals surface area (Å²) < 4.78 is 36.1. The number of hydrogen-bond donors (Lipinski definition) is 2. The molecule has 2 aliphatic rings. The zero-order valence-electron chi connectivity index (χ0n) is 14.8. The normalized spacial score (nSPS) is 22.4. The van der Waals surface area contributed by atoms with Crippen molar-refractivity contribution in [1.82, 2.24) is 0 Å². The number of halogens is 1. The minimum absolute atomic E-state index is 0.00179. The van der Waals surface area contributed by atoms with Crippen LogP contribution in [0, 0.1) is 5.82 Å². The molecule has 28 heavy (non-hydrogen) atoms. The highest BCUT2D eigenvalue weighted by Gasteiger charge is 2.42. The maximum absolute atomic E-state index is 12.9. The first kappa shape index (κ1) is 18.9. The molecule has 146 valence electrons. The van der Waals surface area contributed by atoms with Gasteiger partial charge in [-0.05, 0) is 42.0 Å². The Labute approximate surface area is 166 Å². The molecule has 1 saturated heterocycles. The van der Waals surface area contributed by atoms with Gasteiger partial charge >= 0.3 is 0 Å². The van der Waals surface area contributed by atoms with Crippen LogP contribution in [-0.2, 0) is 21.1 Å². The molecule has 9 heteroatoms. The van der Waals surface area contributed by atoms with E-state index in [-0.39, 0.29) is 40.9 Å². The van der Waals surface area contributed by atoms with Gasteiger partial charge in [-0.3, -0.25) is 9.79 Å². The van der Waals surface area contributed by atoms with E-state index in [0.717, 1.165) is 16.4 Å². The van der Waals surface area contributed by atoms with Crippen molar-refractivity contribution in [2.75, 3.05) is 22.1 Å². The predicted molar refractivity (Wildman–Crippen MR) is 110 cm³/mol. The molecule has 2 aromatic carbocycles. The third-order valence-electron chi connectivity index (χ3n) is 4.52. The average molecular weight is 420 g/mol. The number of hydrogen-bond acceptors (Lipinski definition) is 6. The van der Waals surface area contributed by atoms with Crippen LogP contribution >= 0.6 is 11.8 Å². The third-order valence-corrected chi connectivity index (χ3v) is 7.66. The Morgan fingerprint density at radius 2 is 1.75 bits per heavy atom. The molecular formula is C19H18FN3O3S2. The summed E-state index contributed by atoms with van der Waals surface area (Å²) in [6, 6.07) is 12.9. The summed E-state index contributed by atoms with van der Waals surface area (Å²) >= 11 is 1.46. The zero-order chi connectivity index (χ0) is 19.7. The molecule has 0 radical (unpaired) electrons. The Kier molecular flexibility index (Phi) is 5.11. The number of amidine groups is 1. The van der Waals surface area contributed by atoms with Gasteiger partial charge in [0.05, 0.1) is 24.0 Å². The number of carbonyl (C=O) groups excluding carboxylic acids is 1. The quantitative estimate of drug-likeness (QED) is 0.796. The van der Waals surface area contributed by atoms with Crippen LogP contribution in [0.4, 0.5) is 15.8 Å². The lowest BCUT2D eigenvalue weighted by molar-refractivity contribution is -0.115. The van der Waals surface area contributed by atoms with Crippen LogP contribution in [0.5, 0.6) is 0 Å². The van der Waals surface area contributed by atoms with Crippen molar-refractivity contribution in [3.05, 3.63) is 59.9 Å². The van der Waals surface area contributed by atoms with Crippen molar-refractivity contribution in [2.24, 2.45) is 4.99 Å². The van der Waals surface area contributed by atoms with Gasteiger partial charge in [-0.2, -0.15) is 0 Å². The number of benzene rings is 2. The number of nitrogens with one attached hydrogen (secondary N) is 2. The molecule has 6 nitrogen and oxygen atoms in total. The van der Waals surface area contributed by atoms with Gasteiger partial charge in [0.15, 0.2) is 15.0 Å². The molecule has 2 aromatic rings. The van der Waals surface area contributed by atoms with E-state index >= 15 is 0 Å². The smallest absolute Gasteiger partial charge is 0.228 e. The highest BCUT2D eigenvalue weighted by atomic mass is 32.2. The number of amides is 1. The van der Waals surface area contributed by atoms with Crippen molar-refractivity contribution < 1.29 is 17.6 Å². The first-order valence-corrected chi connectivity index (χ1v) is 11.4. The Morgan fingerprint density at radius 3 is 2.43 bits per heavy atom. The average Bonchev–Trinajstić information content (AvgIpc) is 3.11. The molecule has 2 N–H and O–H groups in total. The predicted octanol–water partition coefficient (Wildman–Crippen LogP) is 2.69. The number of sulfone groups is 1. The fraction of sp³-hybridized carbons (Fsp3) is 0.263. The van der Waals surface area contributed by atoms with E-state index in [2.05, 4.69) is 15.6 Å². The largest absolute Gasteiger partial charge is 0.335 e. The molecule has 0 bridgehead atoms. The summed E-state index contributed by atoms with van der Waals surface area (Å²) in [5, 5.41) is 6.66. The Balaban J connectivity index is 1.32. The fourth-order valence-electron chi connectivity index (χ4n) is 3.17. The third kappa shape index (κ3) is 4.53. The first-order chi connectivity index (χ1) is 13.4. The summed E-state index contributed by atoms with van der Waals surface area (Å²) in [7, 11) is -2.96. The second kappa shape index (κ2) is 7.56. The van der Waals surface area contributed by atoms with Gasteiger partial charge < -0.3 is 10.6 Å². The molecule has 1 amide bonds. The van der Waals surface area contributed by atoms with Crippen LogP contribution in [0.25, 0.3) is 0 Å². The molecule has 2 aliphatic heterocycles. The van der Waals surface area contributed by atoms with E-state index in [0.29, 0.717) is 5.69 Å². The van der Waals surface area contributed by atoms with Gasteiger partial charge in [-0.1, -0.05) is 23.9 Å². The van der Waals surface area contributed by atoms with E-state index < -0.39 is 9.84 Å². The lowest BCUT2D eigenvalue weighted by atomic mass is 10.1. The second-order valence-corrected chi connectivity index (χ2v) is 10.2. The van der Waals surface area contributed by atoms with Crippen LogP contribution in [-0.4, -0.2) is 42.3 Å². The number of thioether (sulfide) groups is 1. The van der Waals surface area contributed by atoms with Crippen LogP contribution in [0.1, 0.15) is 5.56 Å². The van der Waals surface area contributed by atoms with Crippen LogP contribution < -0.4 is 10.6 Å². The molecule has 0 aromatic heterocycles. The van der Waals surface area contributed by atoms with Crippen molar-refractivity contribution in [1.29, 1.82) is 0 Å². The van der Waals surface area contributed by atoms with Crippen molar-refractivity contribution in [3.8, 4) is 0 Å². The summed E-state index contributed by atoms with van der Waals surface area (Å²) in [6.07, 6.45) is 0.204. The van der Waals surface area contributed by atoms with Gasteiger partial charge in [-0.15, -0.1) is 0 Å². The second-order valence-electron chi connectivity index (χ2n) is 6.79. The molecule has 2 atom stereocenters. The highest BCUT2D eigenvalue weighted by Crippen LogP contribution is 2.34. The number of nitrogens with zero attached hydrogens (tertiary/aromatic N) is 1. The first-order valence-electron chi connectivity index (χ1n) is 8.73. The lowest BCUT2D eigenvalue weighted by Crippen LogP contribution is -2.14. The van der Waals surface area contributed by atoms with Crippen molar-refractivity contribution in [3.63, 3.8) is 0 Å². The van der Waals surface area contributed by atoms with Gasteiger partial charge in [0, 0.05) is 16.6 Å². The molecule has 1 fully saturated rings. The zero-order valence-corrected chi connectivity index (χ0v) is 16.4. The molecule has 0 aliphatic carbocycles. The summed E-state index contributed by atoms with van der Waals surface area (Å²) in [4.78, 5) is 16.6. The lowest BCUT2D eigenvalue weighted by Gasteiger charge is -2.08. The van der Waals surface area contributed by atoms with Crippen LogP contribution in [0.3, 0.4) is 0 Å². The van der Waals surface area contributed by atoms with Crippen LogP contribution in [0.15, 0.2) is 53.5 Å². The van der Waals surface area contributed by atoms with E-state index in [4.69, 9.17) is 0 Å². The Morgan fingerprint density at radius 1 is 1.07 bits per heavy atom. The molecule has 0 saturated carbocycles. The number of fused-ring (bicyclic) bond motifs is 1. The van der Waals surface area contributed by atoms with E-state index in [1.165, 1.54) is 36.0 Å². The molecule has 0 spiro atoms. The van der Waals surface area contributed by atoms with E-state index in [1.54, 1.807) is 0 Å². The van der Waals surface area contributed by atoms with Gasteiger partial charge in [0.2, 0.25) is 5.91 Å². The number of rotatable bonds is 4. The number of anilines is 2. The monoisotopic (exact) mass is 419 g/mol. The van der Waals surface area contributed by atoms with Crippen molar-refractivity contribution in [2.45, 2.75) is 17.7 Å². The summed E-state index contributed by atoms with van der Waals surface area (Å²) in [5.41, 5.74) is 2.22. The number of aliphatic imine (C=N–C) groups is 1. The Bertz CT molecular complexity index is 1020. The molecule has 0 unspecified atom stereocenters. The van der Waals surface area contributed by atoms with Gasteiger partial charge in [-0.25, -0.2) is 12.8 Å². The maximum atomic E-state index is 12.9. The minimum atomic E-state index is -2.96.